The van der Waals surface area contributed by atoms with Crippen molar-refractivity contribution in [2.24, 2.45) is 11.5 Å². The lowest BCUT2D eigenvalue weighted by Crippen LogP contribution is -2.42. The van der Waals surface area contributed by atoms with Gasteiger partial charge in [0.15, 0.2) is 0 Å². The van der Waals surface area contributed by atoms with Crippen molar-refractivity contribution in [3.05, 3.63) is 65.7 Å². The molecule has 20 heavy (non-hydrogen) atoms. The number of hydrogen-bond acceptors (Lipinski definition) is 3. The first-order valence-electron chi connectivity index (χ1n) is 6.45. The van der Waals surface area contributed by atoms with Crippen molar-refractivity contribution in [1.29, 1.82) is 0 Å². The first-order chi connectivity index (χ1) is 9.58. The van der Waals surface area contributed by atoms with E-state index in [2.05, 4.69) is 0 Å². The van der Waals surface area contributed by atoms with Gasteiger partial charge < -0.3 is 16.6 Å². The Morgan fingerprint density at radius 2 is 1.65 bits per heavy atom. The van der Waals surface area contributed by atoms with Crippen LogP contribution in [0.4, 0.5) is 0 Å². The number of amides is 1. The summed E-state index contributed by atoms with van der Waals surface area (Å²) in [5.74, 6) is -0.486. The summed E-state index contributed by atoms with van der Waals surface area (Å²) in [5, 5.41) is 9.31. The molecule has 0 saturated heterocycles. The van der Waals surface area contributed by atoms with Gasteiger partial charge in [-0.1, -0.05) is 42.5 Å². The average molecular weight is 270 g/mol. The van der Waals surface area contributed by atoms with E-state index in [-0.39, 0.29) is 11.7 Å². The maximum Gasteiger partial charge on any atom is 0.234 e. The molecule has 4 nitrogen and oxygen atoms in total. The Balaban J connectivity index is 2.27. The molecule has 2 atom stereocenters. The first kappa shape index (κ1) is 14.1. The van der Waals surface area contributed by atoms with E-state index in [0.717, 1.165) is 11.1 Å². The molecule has 5 N–H and O–H groups in total. The highest BCUT2D eigenvalue weighted by molar-refractivity contribution is 5.80. The van der Waals surface area contributed by atoms with Crippen molar-refractivity contribution in [2.45, 2.75) is 18.4 Å². The zero-order chi connectivity index (χ0) is 14.5. The maximum absolute atomic E-state index is 11.4. The monoisotopic (exact) mass is 270 g/mol. The highest BCUT2D eigenvalue weighted by atomic mass is 16.3. The van der Waals surface area contributed by atoms with Gasteiger partial charge in [-0.2, -0.15) is 0 Å². The van der Waals surface area contributed by atoms with Crippen LogP contribution in [0.5, 0.6) is 5.75 Å². The second-order valence-electron chi connectivity index (χ2n) is 4.82. The van der Waals surface area contributed by atoms with Gasteiger partial charge in [0.25, 0.3) is 0 Å². The second kappa shape index (κ2) is 6.21. The fourth-order valence-electron chi connectivity index (χ4n) is 2.24. The fourth-order valence-corrected chi connectivity index (χ4v) is 2.24. The molecule has 1 amide bonds. The Kier molecular flexibility index (Phi) is 4.38. The molecule has 0 aromatic heterocycles. The number of rotatable bonds is 5. The van der Waals surface area contributed by atoms with Gasteiger partial charge in [0.2, 0.25) is 5.91 Å². The van der Waals surface area contributed by atoms with Crippen LogP contribution in [0, 0.1) is 0 Å². The molecule has 2 aromatic rings. The summed E-state index contributed by atoms with van der Waals surface area (Å²) >= 11 is 0. The minimum atomic E-state index is -0.744. The molecule has 2 unspecified atom stereocenters. The van der Waals surface area contributed by atoms with Crippen LogP contribution in [0.3, 0.4) is 0 Å². The molecule has 0 saturated carbocycles. The highest BCUT2D eigenvalue weighted by Crippen LogP contribution is 2.24. The van der Waals surface area contributed by atoms with Crippen LogP contribution >= 0.6 is 0 Å². The molecule has 2 aromatic carbocycles. The first-order valence-corrected chi connectivity index (χ1v) is 6.45. The van der Waals surface area contributed by atoms with E-state index in [9.17, 15) is 9.90 Å². The van der Waals surface area contributed by atoms with Crippen LogP contribution in [-0.2, 0) is 11.2 Å². The summed E-state index contributed by atoms with van der Waals surface area (Å²) in [5.41, 5.74) is 13.3. The number of benzene rings is 2. The summed E-state index contributed by atoms with van der Waals surface area (Å²) in [6.07, 6.45) is 0.592. The van der Waals surface area contributed by atoms with Crippen molar-refractivity contribution < 1.29 is 9.90 Å². The molecule has 0 aliphatic heterocycles. The van der Waals surface area contributed by atoms with E-state index in [1.165, 1.54) is 0 Å². The lowest BCUT2D eigenvalue weighted by molar-refractivity contribution is -0.119. The Morgan fingerprint density at radius 1 is 1.05 bits per heavy atom. The third-order valence-corrected chi connectivity index (χ3v) is 3.38. The van der Waals surface area contributed by atoms with Gasteiger partial charge in [0.05, 0.1) is 6.04 Å². The van der Waals surface area contributed by atoms with E-state index >= 15 is 0 Å². The van der Waals surface area contributed by atoms with Crippen molar-refractivity contribution in [3.8, 4) is 5.75 Å². The van der Waals surface area contributed by atoms with Crippen LogP contribution in [0.15, 0.2) is 54.6 Å². The van der Waals surface area contributed by atoms with E-state index in [4.69, 9.17) is 11.5 Å². The zero-order valence-corrected chi connectivity index (χ0v) is 11.1. The second-order valence-corrected chi connectivity index (χ2v) is 4.82. The van der Waals surface area contributed by atoms with Crippen molar-refractivity contribution in [1.82, 2.24) is 0 Å². The maximum atomic E-state index is 11.4. The van der Waals surface area contributed by atoms with Crippen LogP contribution in [0.25, 0.3) is 0 Å². The van der Waals surface area contributed by atoms with Gasteiger partial charge >= 0.3 is 0 Å². The molecule has 0 fully saturated rings. The van der Waals surface area contributed by atoms with Crippen LogP contribution in [0.1, 0.15) is 17.0 Å². The highest BCUT2D eigenvalue weighted by Gasteiger charge is 2.24. The van der Waals surface area contributed by atoms with Gasteiger partial charge in [-0.15, -0.1) is 0 Å². The predicted molar refractivity (Wildman–Crippen MR) is 78.2 cm³/mol. The van der Waals surface area contributed by atoms with Gasteiger partial charge in [-0.3, -0.25) is 4.79 Å². The van der Waals surface area contributed by atoms with E-state index in [0.29, 0.717) is 6.42 Å². The average Bonchev–Trinajstić information content (AvgIpc) is 2.47. The third kappa shape index (κ3) is 3.36. The molecule has 4 heteroatoms. The summed E-state index contributed by atoms with van der Waals surface area (Å²) in [6, 6.07) is 15.7. The Labute approximate surface area is 118 Å². The molecule has 0 aliphatic carbocycles. The smallest absolute Gasteiger partial charge is 0.234 e. The fraction of sp³-hybridized carbons (Fsp3) is 0.188. The molecule has 0 aliphatic rings. The van der Waals surface area contributed by atoms with Gasteiger partial charge in [0.1, 0.15) is 5.75 Å². The standard InChI is InChI=1S/C16H18N2O2/c17-15(16(18)20)14(12-4-2-1-3-5-12)10-11-6-8-13(19)9-7-11/h1-9,14-15,19H,10,17H2,(H2,18,20). The molecule has 0 spiro atoms. The van der Waals surface area contributed by atoms with Crippen LogP contribution in [-0.4, -0.2) is 17.1 Å². The Morgan fingerprint density at radius 3 is 2.20 bits per heavy atom. The number of phenols is 1. The van der Waals surface area contributed by atoms with Crippen molar-refractivity contribution in [2.75, 3.05) is 0 Å². The zero-order valence-electron chi connectivity index (χ0n) is 11.1. The van der Waals surface area contributed by atoms with Crippen LogP contribution < -0.4 is 11.5 Å². The number of primary amides is 1. The summed E-state index contributed by atoms with van der Waals surface area (Å²) < 4.78 is 0. The normalized spacial score (nSPS) is 13.7. The number of nitrogens with two attached hydrogens (primary N) is 2. The summed E-state index contributed by atoms with van der Waals surface area (Å²) in [6.45, 7) is 0. The van der Waals surface area contributed by atoms with E-state index in [1.807, 2.05) is 42.5 Å². The Hall–Kier alpha value is -2.33. The quantitative estimate of drug-likeness (QED) is 0.769. The molecule has 2 rings (SSSR count). The van der Waals surface area contributed by atoms with E-state index in [1.54, 1.807) is 12.1 Å². The molecule has 0 radical (unpaired) electrons. The van der Waals surface area contributed by atoms with Crippen molar-refractivity contribution >= 4 is 5.91 Å². The van der Waals surface area contributed by atoms with Crippen LogP contribution in [0.2, 0.25) is 0 Å². The van der Waals surface area contributed by atoms with Gasteiger partial charge in [0, 0.05) is 5.92 Å². The largest absolute Gasteiger partial charge is 0.508 e. The summed E-state index contributed by atoms with van der Waals surface area (Å²) in [4.78, 5) is 11.4. The Bertz CT molecular complexity index is 567. The molecule has 0 heterocycles. The topological polar surface area (TPSA) is 89.3 Å². The molecular formula is C16H18N2O2. The number of hydrogen-bond donors (Lipinski definition) is 3. The van der Waals surface area contributed by atoms with Gasteiger partial charge in [-0.25, -0.2) is 0 Å². The number of carbonyl (C=O) groups is 1. The molecule has 0 bridgehead atoms. The molecule has 104 valence electrons. The minimum absolute atomic E-state index is 0.182. The number of carbonyl (C=O) groups excluding carboxylic acids is 1. The SMILES string of the molecule is NC(=O)C(N)C(Cc1ccc(O)cc1)c1ccccc1. The number of phenolic OH excluding ortho intramolecular Hbond substituents is 1. The minimum Gasteiger partial charge on any atom is -0.508 e. The predicted octanol–water partition coefficient (Wildman–Crippen LogP) is 1.53. The van der Waals surface area contributed by atoms with Gasteiger partial charge in [-0.05, 0) is 29.7 Å². The molecular weight excluding hydrogens is 252 g/mol. The van der Waals surface area contributed by atoms with E-state index < -0.39 is 11.9 Å². The number of aromatic hydroxyl groups is 1. The third-order valence-electron chi connectivity index (χ3n) is 3.38. The lowest BCUT2D eigenvalue weighted by Gasteiger charge is -2.22. The lowest BCUT2D eigenvalue weighted by atomic mass is 9.86. The van der Waals surface area contributed by atoms with Crippen molar-refractivity contribution in [3.63, 3.8) is 0 Å². The summed E-state index contributed by atoms with van der Waals surface area (Å²) in [7, 11) is 0.